The molecule has 0 aliphatic rings. The predicted molar refractivity (Wildman–Crippen MR) is 106 cm³/mol. The molecule has 3 aromatic rings. The third-order valence-electron chi connectivity index (χ3n) is 3.92. The maximum atomic E-state index is 12.2. The van der Waals surface area contributed by atoms with Gasteiger partial charge in [0.2, 0.25) is 5.91 Å². The first kappa shape index (κ1) is 18.4. The summed E-state index contributed by atoms with van der Waals surface area (Å²) in [5, 5.41) is 6.50. The van der Waals surface area contributed by atoms with Gasteiger partial charge in [-0.2, -0.15) is 0 Å². The smallest absolute Gasteiger partial charge is 0.224 e. The van der Waals surface area contributed by atoms with Gasteiger partial charge < -0.3 is 10.1 Å². The van der Waals surface area contributed by atoms with Crippen molar-refractivity contribution in [2.75, 3.05) is 7.11 Å². The molecule has 0 aliphatic heterocycles. The fourth-order valence-corrected chi connectivity index (χ4v) is 3.53. The molecular formula is C20H19ClN2O2S. The number of hydrogen-bond donors (Lipinski definition) is 1. The number of aromatic nitrogens is 1. The Hall–Kier alpha value is -2.37. The fourth-order valence-electron chi connectivity index (χ4n) is 2.49. The van der Waals surface area contributed by atoms with Gasteiger partial charge in [-0.25, -0.2) is 4.98 Å². The van der Waals surface area contributed by atoms with Gasteiger partial charge in [-0.1, -0.05) is 41.9 Å². The molecule has 0 unspecified atom stereocenters. The number of thiazole rings is 1. The number of ether oxygens (including phenoxy) is 1. The molecule has 2 aromatic carbocycles. The number of carbonyl (C=O) groups excluding carboxylic acids is 1. The normalized spacial score (nSPS) is 10.6. The maximum Gasteiger partial charge on any atom is 0.224 e. The second kappa shape index (κ2) is 8.34. The van der Waals surface area contributed by atoms with Gasteiger partial charge in [-0.05, 0) is 30.2 Å². The molecule has 3 rings (SSSR count). The maximum absolute atomic E-state index is 12.2. The van der Waals surface area contributed by atoms with Gasteiger partial charge in [0.25, 0.3) is 0 Å². The van der Waals surface area contributed by atoms with E-state index in [1.807, 2.05) is 42.6 Å². The molecule has 0 saturated carbocycles. The summed E-state index contributed by atoms with van der Waals surface area (Å²) >= 11 is 7.81. The van der Waals surface area contributed by atoms with E-state index in [-0.39, 0.29) is 12.3 Å². The minimum absolute atomic E-state index is 0.0725. The fraction of sp³-hybridized carbons (Fsp3) is 0.200. The number of rotatable bonds is 6. The second-order valence-corrected chi connectivity index (χ2v) is 7.17. The van der Waals surface area contributed by atoms with Crippen LogP contribution in [0.4, 0.5) is 0 Å². The summed E-state index contributed by atoms with van der Waals surface area (Å²) in [6.07, 6.45) is 0.235. The zero-order valence-corrected chi connectivity index (χ0v) is 16.2. The number of methoxy groups -OCH3 is 1. The van der Waals surface area contributed by atoms with Crippen LogP contribution in [0.25, 0.3) is 10.6 Å². The van der Waals surface area contributed by atoms with Gasteiger partial charge in [-0.15, -0.1) is 11.3 Å². The molecular weight excluding hydrogens is 368 g/mol. The zero-order valence-electron chi connectivity index (χ0n) is 14.6. The van der Waals surface area contributed by atoms with Gasteiger partial charge in [0.05, 0.1) is 13.5 Å². The monoisotopic (exact) mass is 386 g/mol. The lowest BCUT2D eigenvalue weighted by Gasteiger charge is -2.08. The van der Waals surface area contributed by atoms with E-state index < -0.39 is 0 Å². The Kier molecular flexibility index (Phi) is 5.91. The number of halogens is 1. The SMILES string of the molecule is COc1ccc(CC(=O)NCc2ccc(-c3nc(C)cs3)cc2)c(Cl)c1. The van der Waals surface area contributed by atoms with E-state index in [2.05, 4.69) is 10.3 Å². The van der Waals surface area contributed by atoms with Gasteiger partial charge in [-0.3, -0.25) is 4.79 Å². The first-order valence-corrected chi connectivity index (χ1v) is 9.41. The summed E-state index contributed by atoms with van der Waals surface area (Å²) in [7, 11) is 1.58. The van der Waals surface area contributed by atoms with E-state index >= 15 is 0 Å². The molecule has 1 heterocycles. The van der Waals surface area contributed by atoms with Crippen molar-refractivity contribution in [2.45, 2.75) is 19.9 Å². The molecule has 0 saturated heterocycles. The quantitative estimate of drug-likeness (QED) is 0.671. The first-order chi connectivity index (χ1) is 12.5. The standard InChI is InChI=1S/C20H19ClN2O2S/c1-13-12-26-20(23-13)15-5-3-14(4-6-15)11-22-19(24)9-16-7-8-17(25-2)10-18(16)21/h3-8,10,12H,9,11H2,1-2H3,(H,22,24). The van der Waals surface area contributed by atoms with E-state index in [0.717, 1.165) is 27.4 Å². The van der Waals surface area contributed by atoms with Crippen LogP contribution in [0.1, 0.15) is 16.8 Å². The number of aryl methyl sites for hydroxylation is 1. The summed E-state index contributed by atoms with van der Waals surface area (Å²) in [6.45, 7) is 2.46. The molecule has 1 aromatic heterocycles. The van der Waals surface area contributed by atoms with E-state index in [9.17, 15) is 4.79 Å². The van der Waals surface area contributed by atoms with Gasteiger partial charge in [0.1, 0.15) is 10.8 Å². The van der Waals surface area contributed by atoms with Crippen molar-refractivity contribution in [3.8, 4) is 16.3 Å². The molecule has 0 atom stereocenters. The number of nitrogens with one attached hydrogen (secondary N) is 1. The second-order valence-electron chi connectivity index (χ2n) is 5.90. The van der Waals surface area contributed by atoms with Crippen molar-refractivity contribution in [1.29, 1.82) is 0 Å². The van der Waals surface area contributed by atoms with Crippen LogP contribution in [0.15, 0.2) is 47.8 Å². The van der Waals surface area contributed by atoms with Gasteiger partial charge in [0.15, 0.2) is 0 Å². The molecule has 0 fully saturated rings. The Balaban J connectivity index is 1.56. The lowest BCUT2D eigenvalue weighted by atomic mass is 10.1. The highest BCUT2D eigenvalue weighted by Gasteiger charge is 2.08. The summed E-state index contributed by atoms with van der Waals surface area (Å²) in [5.74, 6) is 0.603. The third kappa shape index (κ3) is 4.62. The molecule has 26 heavy (non-hydrogen) atoms. The highest BCUT2D eigenvalue weighted by atomic mass is 35.5. The Morgan fingerprint density at radius 2 is 2.00 bits per heavy atom. The van der Waals surface area contributed by atoms with Crippen LogP contribution in [0.3, 0.4) is 0 Å². The van der Waals surface area contributed by atoms with Crippen LogP contribution in [-0.4, -0.2) is 18.0 Å². The summed E-state index contributed by atoms with van der Waals surface area (Å²) in [4.78, 5) is 16.7. The van der Waals surface area contributed by atoms with Crippen LogP contribution in [-0.2, 0) is 17.8 Å². The average Bonchev–Trinajstić information content (AvgIpc) is 3.08. The van der Waals surface area contributed by atoms with Crippen molar-refractivity contribution >= 4 is 28.8 Å². The van der Waals surface area contributed by atoms with Crippen LogP contribution < -0.4 is 10.1 Å². The summed E-state index contributed by atoms with van der Waals surface area (Å²) in [5.41, 5.74) is 3.93. The Morgan fingerprint density at radius 3 is 2.62 bits per heavy atom. The topological polar surface area (TPSA) is 51.2 Å². The van der Waals surface area contributed by atoms with Crippen molar-refractivity contribution in [1.82, 2.24) is 10.3 Å². The van der Waals surface area contributed by atoms with Crippen molar-refractivity contribution in [3.63, 3.8) is 0 Å². The minimum Gasteiger partial charge on any atom is -0.497 e. The molecule has 0 bridgehead atoms. The molecule has 1 N–H and O–H groups in total. The van der Waals surface area contributed by atoms with E-state index in [0.29, 0.717) is 17.3 Å². The summed E-state index contributed by atoms with van der Waals surface area (Å²) < 4.78 is 5.11. The number of carbonyl (C=O) groups is 1. The van der Waals surface area contributed by atoms with Crippen molar-refractivity contribution < 1.29 is 9.53 Å². The van der Waals surface area contributed by atoms with E-state index in [4.69, 9.17) is 16.3 Å². The Bertz CT molecular complexity index is 906. The van der Waals surface area contributed by atoms with Crippen molar-refractivity contribution in [2.24, 2.45) is 0 Å². The number of benzene rings is 2. The van der Waals surface area contributed by atoms with Crippen molar-refractivity contribution in [3.05, 3.63) is 69.7 Å². The lowest BCUT2D eigenvalue weighted by molar-refractivity contribution is -0.120. The minimum atomic E-state index is -0.0725. The highest BCUT2D eigenvalue weighted by molar-refractivity contribution is 7.13. The number of hydrogen-bond acceptors (Lipinski definition) is 4. The average molecular weight is 387 g/mol. The predicted octanol–water partition coefficient (Wildman–Crippen LogP) is 4.64. The van der Waals surface area contributed by atoms with Gasteiger partial charge in [0, 0.05) is 28.2 Å². The lowest BCUT2D eigenvalue weighted by Crippen LogP contribution is -2.24. The highest BCUT2D eigenvalue weighted by Crippen LogP contribution is 2.24. The molecule has 134 valence electrons. The van der Waals surface area contributed by atoms with Crippen LogP contribution >= 0.6 is 22.9 Å². The number of amides is 1. The third-order valence-corrected chi connectivity index (χ3v) is 5.28. The molecule has 4 nitrogen and oxygen atoms in total. The van der Waals surface area contributed by atoms with E-state index in [1.54, 1.807) is 30.6 Å². The molecule has 0 aliphatic carbocycles. The zero-order chi connectivity index (χ0) is 18.5. The Morgan fingerprint density at radius 1 is 1.23 bits per heavy atom. The van der Waals surface area contributed by atoms with Crippen LogP contribution in [0, 0.1) is 6.92 Å². The van der Waals surface area contributed by atoms with Crippen LogP contribution in [0.5, 0.6) is 5.75 Å². The number of nitrogens with zero attached hydrogens (tertiary/aromatic N) is 1. The molecule has 0 radical (unpaired) electrons. The van der Waals surface area contributed by atoms with Gasteiger partial charge >= 0.3 is 0 Å². The largest absolute Gasteiger partial charge is 0.497 e. The molecule has 0 spiro atoms. The Labute approximate surface area is 161 Å². The summed E-state index contributed by atoms with van der Waals surface area (Å²) in [6, 6.07) is 13.4. The van der Waals surface area contributed by atoms with Crippen LogP contribution in [0.2, 0.25) is 5.02 Å². The van der Waals surface area contributed by atoms with E-state index in [1.165, 1.54) is 0 Å². The molecule has 6 heteroatoms. The molecule has 1 amide bonds. The first-order valence-electron chi connectivity index (χ1n) is 8.15.